The van der Waals surface area contributed by atoms with E-state index in [1.54, 1.807) is 18.2 Å². The van der Waals surface area contributed by atoms with Crippen molar-refractivity contribution in [3.63, 3.8) is 0 Å². The molecule has 2 aromatic rings. The van der Waals surface area contributed by atoms with Gasteiger partial charge in [0, 0.05) is 19.0 Å². The number of methoxy groups -OCH3 is 1. The second-order valence-corrected chi connectivity index (χ2v) is 5.80. The summed E-state index contributed by atoms with van der Waals surface area (Å²) in [4.78, 5) is 11.9. The molecule has 2 N–H and O–H groups in total. The van der Waals surface area contributed by atoms with Crippen molar-refractivity contribution in [3.8, 4) is 17.6 Å². The van der Waals surface area contributed by atoms with E-state index in [1.807, 2.05) is 6.07 Å². The number of benzene rings is 2. The number of carbonyl (C=O) groups is 1. The number of hydrogen-bond donors (Lipinski definition) is 2. The Kier molecular flexibility index (Phi) is 7.59. The van der Waals surface area contributed by atoms with Crippen LogP contribution >= 0.6 is 0 Å². The van der Waals surface area contributed by atoms with E-state index in [1.165, 1.54) is 31.4 Å². The molecule has 1 amide bonds. The first-order chi connectivity index (χ1) is 13.0. The van der Waals surface area contributed by atoms with Crippen LogP contribution in [0.25, 0.3) is 0 Å². The fourth-order valence-electron chi connectivity index (χ4n) is 2.37. The Morgan fingerprint density at radius 1 is 1.26 bits per heavy atom. The van der Waals surface area contributed by atoms with Crippen molar-refractivity contribution >= 4 is 5.91 Å². The molecular weight excluding hydrogens is 351 g/mol. The first-order valence-corrected chi connectivity index (χ1v) is 8.44. The summed E-state index contributed by atoms with van der Waals surface area (Å²) in [6, 6.07) is 12.4. The van der Waals surface area contributed by atoms with Crippen molar-refractivity contribution in [1.29, 1.82) is 5.26 Å². The maximum Gasteiger partial charge on any atom is 0.220 e. The second kappa shape index (κ2) is 10.1. The van der Waals surface area contributed by atoms with Crippen LogP contribution in [0.2, 0.25) is 0 Å². The standard InChI is InChI=1S/C20H21FN2O4/c1-26-19-11-14(12-22)4-9-18(19)27-10-2-3-20(25)23-13-17(24)15-5-7-16(21)8-6-15/h4-9,11,17,24H,2-3,10,13H2,1H3,(H,23,25). The average Bonchev–Trinajstić information content (AvgIpc) is 2.69. The van der Waals surface area contributed by atoms with Gasteiger partial charge >= 0.3 is 0 Å². The molecule has 1 unspecified atom stereocenters. The van der Waals surface area contributed by atoms with Gasteiger partial charge < -0.3 is 19.9 Å². The SMILES string of the molecule is COc1cc(C#N)ccc1OCCCC(=O)NCC(O)c1ccc(F)cc1. The van der Waals surface area contributed by atoms with Crippen LogP contribution in [0.5, 0.6) is 11.5 Å². The third kappa shape index (κ3) is 6.28. The van der Waals surface area contributed by atoms with Gasteiger partial charge in [-0.3, -0.25) is 4.79 Å². The van der Waals surface area contributed by atoms with Crippen LogP contribution in [0.1, 0.15) is 30.1 Å². The molecule has 0 heterocycles. The number of aliphatic hydroxyl groups excluding tert-OH is 1. The Morgan fingerprint density at radius 3 is 2.67 bits per heavy atom. The van der Waals surface area contributed by atoms with Gasteiger partial charge in [0.05, 0.1) is 31.5 Å². The van der Waals surface area contributed by atoms with Crippen molar-refractivity contribution in [3.05, 3.63) is 59.4 Å². The Balaban J connectivity index is 1.70. The van der Waals surface area contributed by atoms with Gasteiger partial charge in [-0.25, -0.2) is 4.39 Å². The molecule has 2 rings (SSSR count). The maximum atomic E-state index is 12.9. The molecule has 7 heteroatoms. The van der Waals surface area contributed by atoms with E-state index in [-0.39, 0.29) is 24.7 Å². The van der Waals surface area contributed by atoms with Gasteiger partial charge in [0.2, 0.25) is 5.91 Å². The van der Waals surface area contributed by atoms with Crippen LogP contribution in [0.3, 0.4) is 0 Å². The Labute approximate surface area is 157 Å². The first kappa shape index (κ1) is 20.2. The molecule has 0 bridgehead atoms. The molecule has 0 fully saturated rings. The Morgan fingerprint density at radius 2 is 2.00 bits per heavy atom. The highest BCUT2D eigenvalue weighted by Gasteiger charge is 2.10. The molecule has 0 aliphatic rings. The molecule has 0 aromatic heterocycles. The highest BCUT2D eigenvalue weighted by Crippen LogP contribution is 2.27. The van der Waals surface area contributed by atoms with Crippen LogP contribution < -0.4 is 14.8 Å². The van der Waals surface area contributed by atoms with Gasteiger partial charge in [-0.2, -0.15) is 5.26 Å². The molecule has 27 heavy (non-hydrogen) atoms. The zero-order valence-electron chi connectivity index (χ0n) is 14.9. The predicted octanol–water partition coefficient (Wildman–Crippen LogP) is 2.71. The number of nitrogens with zero attached hydrogens (tertiary/aromatic N) is 1. The van der Waals surface area contributed by atoms with Gasteiger partial charge in [0.1, 0.15) is 5.82 Å². The van der Waals surface area contributed by atoms with Gasteiger partial charge in [-0.05, 0) is 36.2 Å². The smallest absolute Gasteiger partial charge is 0.220 e. The minimum absolute atomic E-state index is 0.0504. The Hall–Kier alpha value is -3.11. The number of hydrogen-bond acceptors (Lipinski definition) is 5. The molecule has 0 saturated carbocycles. The molecule has 0 spiro atoms. The summed E-state index contributed by atoms with van der Waals surface area (Å²) in [7, 11) is 1.49. The van der Waals surface area contributed by atoms with Gasteiger partial charge in [0.15, 0.2) is 11.5 Å². The lowest BCUT2D eigenvalue weighted by Crippen LogP contribution is -2.28. The van der Waals surface area contributed by atoms with Crippen LogP contribution in [0, 0.1) is 17.1 Å². The summed E-state index contributed by atoms with van der Waals surface area (Å²) in [6.45, 7) is 0.352. The monoisotopic (exact) mass is 372 g/mol. The zero-order valence-corrected chi connectivity index (χ0v) is 14.9. The lowest BCUT2D eigenvalue weighted by atomic mass is 10.1. The molecule has 6 nitrogen and oxygen atoms in total. The van der Waals surface area contributed by atoms with Crippen molar-refractivity contribution in [1.82, 2.24) is 5.32 Å². The lowest BCUT2D eigenvalue weighted by Gasteiger charge is -2.13. The summed E-state index contributed by atoms with van der Waals surface area (Å²) >= 11 is 0. The van der Waals surface area contributed by atoms with E-state index < -0.39 is 6.10 Å². The summed E-state index contributed by atoms with van der Waals surface area (Å²) < 4.78 is 23.6. The number of ether oxygens (including phenoxy) is 2. The summed E-state index contributed by atoms with van der Waals surface area (Å²) in [6.07, 6.45) is -0.190. The van der Waals surface area contributed by atoms with E-state index in [4.69, 9.17) is 14.7 Å². The summed E-state index contributed by atoms with van der Waals surface area (Å²) in [5.41, 5.74) is 1.01. The van der Waals surface area contributed by atoms with Gasteiger partial charge in [-0.15, -0.1) is 0 Å². The summed E-state index contributed by atoms with van der Waals surface area (Å²) in [5, 5.41) is 21.5. The average molecular weight is 372 g/mol. The van der Waals surface area contributed by atoms with E-state index in [2.05, 4.69) is 5.32 Å². The van der Waals surface area contributed by atoms with Crippen molar-refractivity contribution in [2.24, 2.45) is 0 Å². The van der Waals surface area contributed by atoms with Crippen LogP contribution in [-0.4, -0.2) is 31.3 Å². The third-order valence-electron chi connectivity index (χ3n) is 3.85. The van der Waals surface area contributed by atoms with E-state index in [0.717, 1.165) is 0 Å². The molecule has 0 aliphatic carbocycles. The van der Waals surface area contributed by atoms with Gasteiger partial charge in [-0.1, -0.05) is 12.1 Å². The number of nitrogens with one attached hydrogen (secondary N) is 1. The van der Waals surface area contributed by atoms with Crippen LogP contribution in [-0.2, 0) is 4.79 Å². The number of rotatable bonds is 9. The highest BCUT2D eigenvalue weighted by atomic mass is 19.1. The molecule has 142 valence electrons. The molecule has 0 saturated heterocycles. The maximum absolute atomic E-state index is 12.9. The normalized spacial score (nSPS) is 11.3. The molecular formula is C20H21FN2O4. The summed E-state index contributed by atoms with van der Waals surface area (Å²) in [5.74, 6) is 0.366. The lowest BCUT2D eigenvalue weighted by molar-refractivity contribution is -0.121. The van der Waals surface area contributed by atoms with E-state index >= 15 is 0 Å². The second-order valence-electron chi connectivity index (χ2n) is 5.80. The van der Waals surface area contributed by atoms with Crippen molar-refractivity contribution in [2.45, 2.75) is 18.9 Å². The zero-order chi connectivity index (χ0) is 19.6. The molecule has 0 radical (unpaired) electrons. The van der Waals surface area contributed by atoms with Gasteiger partial charge in [0.25, 0.3) is 0 Å². The quantitative estimate of drug-likeness (QED) is 0.661. The molecule has 2 aromatic carbocycles. The molecule has 1 atom stereocenters. The molecule has 0 aliphatic heterocycles. The topological polar surface area (TPSA) is 91.6 Å². The van der Waals surface area contributed by atoms with E-state index in [0.29, 0.717) is 35.7 Å². The van der Waals surface area contributed by atoms with Crippen LogP contribution in [0.4, 0.5) is 4.39 Å². The third-order valence-corrected chi connectivity index (χ3v) is 3.85. The minimum Gasteiger partial charge on any atom is -0.493 e. The van der Waals surface area contributed by atoms with E-state index in [9.17, 15) is 14.3 Å². The largest absolute Gasteiger partial charge is 0.493 e. The van der Waals surface area contributed by atoms with Crippen molar-refractivity contribution in [2.75, 3.05) is 20.3 Å². The Bertz CT molecular complexity index is 803. The number of carbonyl (C=O) groups excluding carboxylic acids is 1. The fraction of sp³-hybridized carbons (Fsp3) is 0.300. The number of halogens is 1. The highest BCUT2D eigenvalue weighted by molar-refractivity contribution is 5.75. The van der Waals surface area contributed by atoms with Crippen molar-refractivity contribution < 1.29 is 23.8 Å². The predicted molar refractivity (Wildman–Crippen MR) is 96.8 cm³/mol. The number of nitriles is 1. The fourth-order valence-corrected chi connectivity index (χ4v) is 2.37. The number of aliphatic hydroxyl groups is 1. The van der Waals surface area contributed by atoms with Crippen LogP contribution in [0.15, 0.2) is 42.5 Å². The minimum atomic E-state index is -0.895. The first-order valence-electron chi connectivity index (χ1n) is 8.44. The number of amides is 1.